The molecule has 0 heterocycles. The van der Waals surface area contributed by atoms with Gasteiger partial charge in [0.05, 0.1) is 10.7 Å². The van der Waals surface area contributed by atoms with Crippen molar-refractivity contribution in [3.63, 3.8) is 0 Å². The van der Waals surface area contributed by atoms with Crippen LogP contribution in [0.3, 0.4) is 0 Å². The van der Waals surface area contributed by atoms with Gasteiger partial charge in [-0.25, -0.2) is 0 Å². The van der Waals surface area contributed by atoms with Gasteiger partial charge < -0.3 is 16.3 Å². The van der Waals surface area contributed by atoms with Crippen molar-refractivity contribution in [3.8, 4) is 0 Å². The normalized spacial score (nSPS) is 11.2. The number of nitrogens with zero attached hydrogens (tertiary/aromatic N) is 1. The van der Waals surface area contributed by atoms with Gasteiger partial charge in [-0.3, -0.25) is 4.79 Å². The van der Waals surface area contributed by atoms with Crippen LogP contribution in [-0.2, 0) is 4.79 Å². The Morgan fingerprint density at radius 3 is 2.73 bits per heavy atom. The molecule has 0 aliphatic carbocycles. The smallest absolute Gasteiger partial charge is 0.294 e. The van der Waals surface area contributed by atoms with Crippen molar-refractivity contribution < 1.29 is 10.0 Å². The number of halogens is 2. The number of carbonyl (C=O) groups excluding carboxylic acids is 1. The fourth-order valence-electron chi connectivity index (χ4n) is 0.825. The average molecular weight is 248 g/mol. The molecule has 4 N–H and O–H groups in total. The molecular weight excluding hydrogens is 241 g/mol. The maximum absolute atomic E-state index is 11.2. The first-order valence-corrected chi connectivity index (χ1v) is 4.54. The molecule has 0 spiro atoms. The number of nitrogens with one attached hydrogen (secondary N) is 1. The maximum atomic E-state index is 11.2. The van der Waals surface area contributed by atoms with Gasteiger partial charge in [-0.2, -0.15) is 0 Å². The van der Waals surface area contributed by atoms with Crippen LogP contribution in [0.25, 0.3) is 0 Å². The van der Waals surface area contributed by atoms with E-state index in [-0.39, 0.29) is 0 Å². The Morgan fingerprint density at radius 2 is 2.13 bits per heavy atom. The first kappa shape index (κ1) is 11.6. The summed E-state index contributed by atoms with van der Waals surface area (Å²) < 4.78 is 0. The van der Waals surface area contributed by atoms with Gasteiger partial charge in [0.15, 0.2) is 0 Å². The Labute approximate surface area is 95.5 Å². The van der Waals surface area contributed by atoms with Crippen molar-refractivity contribution in [1.82, 2.24) is 0 Å². The van der Waals surface area contributed by atoms with E-state index in [0.717, 1.165) is 0 Å². The number of benzene rings is 1. The van der Waals surface area contributed by atoms with Gasteiger partial charge >= 0.3 is 0 Å². The lowest BCUT2D eigenvalue weighted by Gasteiger charge is -2.06. The molecule has 0 unspecified atom stereocenters. The lowest BCUT2D eigenvalue weighted by molar-refractivity contribution is -0.110. The van der Waals surface area contributed by atoms with Crippen LogP contribution in [0.5, 0.6) is 0 Å². The van der Waals surface area contributed by atoms with E-state index < -0.39 is 11.7 Å². The van der Waals surface area contributed by atoms with Gasteiger partial charge in [-0.05, 0) is 18.2 Å². The summed E-state index contributed by atoms with van der Waals surface area (Å²) >= 11 is 11.5. The first-order valence-electron chi connectivity index (χ1n) is 3.78. The summed E-state index contributed by atoms with van der Waals surface area (Å²) in [4.78, 5) is 11.2. The number of hydrogen-bond acceptors (Lipinski definition) is 3. The zero-order valence-corrected chi connectivity index (χ0v) is 8.88. The highest BCUT2D eigenvalue weighted by Gasteiger charge is 2.10. The predicted octanol–water partition coefficient (Wildman–Crippen LogP) is 1.68. The third-order valence-corrected chi connectivity index (χ3v) is 2.08. The number of nitrogens with two attached hydrogens (primary N) is 1. The standard InChI is InChI=1S/C8H7Cl2N3O2/c9-4-1-2-5(10)6(3-4)12-8(14)7(11)13-15/h1-3,15H,(H2,11,13)(H,12,14). The van der Waals surface area contributed by atoms with Crippen molar-refractivity contribution in [2.45, 2.75) is 0 Å². The largest absolute Gasteiger partial charge is 0.409 e. The third kappa shape index (κ3) is 3.00. The Morgan fingerprint density at radius 1 is 1.47 bits per heavy atom. The number of amidine groups is 1. The topological polar surface area (TPSA) is 87.7 Å². The summed E-state index contributed by atoms with van der Waals surface area (Å²) in [5, 5.41) is 13.8. The molecule has 0 aromatic heterocycles. The highest BCUT2D eigenvalue weighted by atomic mass is 35.5. The second-order valence-corrected chi connectivity index (χ2v) is 3.41. The number of oxime groups is 1. The minimum atomic E-state index is -0.762. The monoisotopic (exact) mass is 247 g/mol. The molecule has 0 radical (unpaired) electrons. The van der Waals surface area contributed by atoms with Gasteiger partial charge in [0.2, 0.25) is 5.84 Å². The second kappa shape index (κ2) is 4.86. The molecule has 0 bridgehead atoms. The summed E-state index contributed by atoms with van der Waals surface area (Å²) in [5.41, 5.74) is 5.36. The number of hydrogen-bond donors (Lipinski definition) is 3. The average Bonchev–Trinajstić information content (AvgIpc) is 2.22. The van der Waals surface area contributed by atoms with E-state index in [2.05, 4.69) is 10.5 Å². The predicted molar refractivity (Wildman–Crippen MR) is 58.5 cm³/mol. The number of amides is 1. The fourth-order valence-corrected chi connectivity index (χ4v) is 1.16. The van der Waals surface area contributed by atoms with Crippen LogP contribution in [0.4, 0.5) is 5.69 Å². The molecule has 1 aromatic rings. The zero-order valence-electron chi connectivity index (χ0n) is 7.37. The Bertz CT molecular complexity index is 420. The van der Waals surface area contributed by atoms with E-state index in [0.29, 0.717) is 15.7 Å². The van der Waals surface area contributed by atoms with E-state index in [1.807, 2.05) is 0 Å². The number of carbonyl (C=O) groups is 1. The Kier molecular flexibility index (Phi) is 3.76. The highest BCUT2D eigenvalue weighted by molar-refractivity contribution is 6.43. The van der Waals surface area contributed by atoms with Crippen LogP contribution in [-0.4, -0.2) is 17.0 Å². The first-order chi connectivity index (χ1) is 7.04. The van der Waals surface area contributed by atoms with Crippen LogP contribution in [0.15, 0.2) is 23.4 Å². The third-order valence-electron chi connectivity index (χ3n) is 1.52. The van der Waals surface area contributed by atoms with Crippen LogP contribution in [0.1, 0.15) is 0 Å². The number of rotatable bonds is 1. The Balaban J connectivity index is 2.90. The van der Waals surface area contributed by atoms with Crippen molar-refractivity contribution >= 4 is 40.6 Å². The zero-order chi connectivity index (χ0) is 11.4. The van der Waals surface area contributed by atoms with E-state index in [1.54, 1.807) is 6.07 Å². The summed E-state index contributed by atoms with van der Waals surface area (Å²) in [6.45, 7) is 0. The molecule has 0 aliphatic rings. The molecule has 5 nitrogen and oxygen atoms in total. The summed E-state index contributed by atoms with van der Waals surface area (Å²) in [7, 11) is 0. The maximum Gasteiger partial charge on any atom is 0.294 e. The van der Waals surface area contributed by atoms with Crippen molar-refractivity contribution in [2.75, 3.05) is 5.32 Å². The molecule has 7 heteroatoms. The minimum Gasteiger partial charge on any atom is -0.409 e. The summed E-state index contributed by atoms with van der Waals surface area (Å²) in [6, 6.07) is 4.54. The summed E-state index contributed by atoms with van der Waals surface area (Å²) in [6.07, 6.45) is 0. The number of anilines is 1. The van der Waals surface area contributed by atoms with E-state index in [1.165, 1.54) is 12.1 Å². The molecular formula is C8H7Cl2N3O2. The minimum absolute atomic E-state index is 0.292. The SMILES string of the molecule is N/C(=N/O)C(=O)Nc1cc(Cl)ccc1Cl. The van der Waals surface area contributed by atoms with Crippen LogP contribution < -0.4 is 11.1 Å². The van der Waals surface area contributed by atoms with Gasteiger partial charge in [-0.15, -0.1) is 0 Å². The lowest BCUT2D eigenvalue weighted by Crippen LogP contribution is -2.30. The molecule has 1 aromatic carbocycles. The van der Waals surface area contributed by atoms with Crippen LogP contribution in [0, 0.1) is 0 Å². The van der Waals surface area contributed by atoms with Crippen LogP contribution in [0.2, 0.25) is 10.0 Å². The van der Waals surface area contributed by atoms with Gasteiger partial charge in [0.25, 0.3) is 5.91 Å². The van der Waals surface area contributed by atoms with Crippen molar-refractivity contribution in [2.24, 2.45) is 10.9 Å². The molecule has 1 amide bonds. The van der Waals surface area contributed by atoms with Gasteiger partial charge in [0, 0.05) is 5.02 Å². The van der Waals surface area contributed by atoms with Crippen LogP contribution >= 0.6 is 23.2 Å². The second-order valence-electron chi connectivity index (χ2n) is 2.56. The molecule has 0 saturated heterocycles. The Hall–Kier alpha value is -1.46. The summed E-state index contributed by atoms with van der Waals surface area (Å²) in [5.74, 6) is -1.33. The molecule has 15 heavy (non-hydrogen) atoms. The molecule has 80 valence electrons. The highest BCUT2D eigenvalue weighted by Crippen LogP contribution is 2.25. The molecule has 1 rings (SSSR count). The molecule has 0 aliphatic heterocycles. The fraction of sp³-hybridized carbons (Fsp3) is 0. The van der Waals surface area contributed by atoms with E-state index in [4.69, 9.17) is 34.1 Å². The molecule has 0 saturated carbocycles. The van der Waals surface area contributed by atoms with E-state index in [9.17, 15) is 4.79 Å². The van der Waals surface area contributed by atoms with Gasteiger partial charge in [0.1, 0.15) is 0 Å². The lowest BCUT2D eigenvalue weighted by atomic mass is 10.3. The van der Waals surface area contributed by atoms with Gasteiger partial charge in [-0.1, -0.05) is 28.4 Å². The molecule has 0 fully saturated rings. The quantitative estimate of drug-likeness (QED) is 0.306. The molecule has 0 atom stereocenters. The van der Waals surface area contributed by atoms with E-state index >= 15 is 0 Å². The van der Waals surface area contributed by atoms with Crippen molar-refractivity contribution in [3.05, 3.63) is 28.2 Å². The van der Waals surface area contributed by atoms with Crippen molar-refractivity contribution in [1.29, 1.82) is 0 Å².